The van der Waals surface area contributed by atoms with Crippen LogP contribution in [0, 0.1) is 5.92 Å². The highest BCUT2D eigenvalue weighted by Crippen LogP contribution is 2.39. The third-order valence-electron chi connectivity index (χ3n) is 4.43. The summed E-state index contributed by atoms with van der Waals surface area (Å²) in [5, 5.41) is 3.17. The molecule has 1 saturated heterocycles. The van der Waals surface area contributed by atoms with E-state index in [0.29, 0.717) is 0 Å². The zero-order valence-corrected chi connectivity index (χ0v) is 9.84. The molecule has 0 radical (unpaired) electrons. The molecular formula is C13H21NO2. The zero-order chi connectivity index (χ0) is 11.0. The molecule has 2 saturated carbocycles. The third kappa shape index (κ3) is 1.75. The standard InChI is InChI=1S/C13H21NO2/c15-12-10-6-2-3-7-11(10)16-13(14-12)8-4-1-5-9-13/h10-11H,1-9H2,(H,14,15)/t10-,11-/m0/s1. The van der Waals surface area contributed by atoms with E-state index in [-0.39, 0.29) is 23.7 Å². The number of carbonyl (C=O) groups is 1. The van der Waals surface area contributed by atoms with Gasteiger partial charge in [0.25, 0.3) is 0 Å². The molecule has 1 N–H and O–H groups in total. The fourth-order valence-corrected chi connectivity index (χ4v) is 3.54. The lowest BCUT2D eigenvalue weighted by Crippen LogP contribution is -2.62. The van der Waals surface area contributed by atoms with Crippen LogP contribution in [0.3, 0.4) is 0 Å². The van der Waals surface area contributed by atoms with Crippen LogP contribution in [0.1, 0.15) is 57.8 Å². The summed E-state index contributed by atoms with van der Waals surface area (Å²) >= 11 is 0. The van der Waals surface area contributed by atoms with E-state index in [1.807, 2.05) is 0 Å². The second kappa shape index (κ2) is 4.02. The van der Waals surface area contributed by atoms with Crippen molar-refractivity contribution in [2.75, 3.05) is 0 Å². The Morgan fingerprint density at radius 3 is 2.62 bits per heavy atom. The summed E-state index contributed by atoms with van der Waals surface area (Å²) in [5.41, 5.74) is -0.284. The van der Waals surface area contributed by atoms with Crippen LogP contribution in [0.2, 0.25) is 0 Å². The van der Waals surface area contributed by atoms with Crippen molar-refractivity contribution in [3.8, 4) is 0 Å². The molecule has 2 aliphatic carbocycles. The van der Waals surface area contributed by atoms with Gasteiger partial charge >= 0.3 is 0 Å². The van der Waals surface area contributed by atoms with Crippen LogP contribution in [0.4, 0.5) is 0 Å². The Labute approximate surface area is 96.9 Å². The number of nitrogens with one attached hydrogen (secondary N) is 1. The van der Waals surface area contributed by atoms with E-state index in [0.717, 1.165) is 25.7 Å². The molecule has 3 fully saturated rings. The van der Waals surface area contributed by atoms with Gasteiger partial charge in [0.15, 0.2) is 0 Å². The summed E-state index contributed by atoms with van der Waals surface area (Å²) in [4.78, 5) is 12.1. The van der Waals surface area contributed by atoms with Crippen LogP contribution in [0.25, 0.3) is 0 Å². The lowest BCUT2D eigenvalue weighted by molar-refractivity contribution is -0.197. The lowest BCUT2D eigenvalue weighted by Gasteiger charge is -2.48. The second-order valence-electron chi connectivity index (χ2n) is 5.59. The number of fused-ring (bicyclic) bond motifs is 1. The molecule has 0 unspecified atom stereocenters. The number of hydrogen-bond acceptors (Lipinski definition) is 2. The third-order valence-corrected chi connectivity index (χ3v) is 4.43. The van der Waals surface area contributed by atoms with Crippen LogP contribution >= 0.6 is 0 Å². The maximum Gasteiger partial charge on any atom is 0.227 e. The SMILES string of the molecule is O=C1NC2(CCCCC2)O[C@H]2CCCC[C@H]12. The molecule has 90 valence electrons. The van der Waals surface area contributed by atoms with Crippen LogP contribution in [-0.2, 0) is 9.53 Å². The van der Waals surface area contributed by atoms with Gasteiger partial charge in [0.2, 0.25) is 5.91 Å². The normalized spacial score (nSPS) is 37.9. The van der Waals surface area contributed by atoms with Crippen LogP contribution in [0.15, 0.2) is 0 Å². The van der Waals surface area contributed by atoms with Gasteiger partial charge in [-0.05, 0) is 38.5 Å². The molecule has 16 heavy (non-hydrogen) atoms. The summed E-state index contributed by atoms with van der Waals surface area (Å²) in [6, 6.07) is 0. The van der Waals surface area contributed by atoms with Crippen molar-refractivity contribution >= 4 is 5.91 Å². The smallest absolute Gasteiger partial charge is 0.227 e. The van der Waals surface area contributed by atoms with E-state index in [2.05, 4.69) is 5.32 Å². The van der Waals surface area contributed by atoms with Crippen molar-refractivity contribution in [1.82, 2.24) is 5.32 Å². The Balaban J connectivity index is 1.77. The van der Waals surface area contributed by atoms with Gasteiger partial charge in [0.05, 0.1) is 12.0 Å². The predicted octanol–water partition coefficient (Wildman–Crippen LogP) is 2.35. The number of ether oxygens (including phenoxy) is 1. The molecule has 2 atom stereocenters. The highest BCUT2D eigenvalue weighted by Gasteiger charge is 2.46. The number of hydrogen-bond donors (Lipinski definition) is 1. The maximum atomic E-state index is 12.1. The van der Waals surface area contributed by atoms with Gasteiger partial charge < -0.3 is 10.1 Å². The van der Waals surface area contributed by atoms with Gasteiger partial charge in [0.1, 0.15) is 5.72 Å². The highest BCUT2D eigenvalue weighted by molar-refractivity contribution is 5.80. The van der Waals surface area contributed by atoms with Crippen molar-refractivity contribution in [3.63, 3.8) is 0 Å². The van der Waals surface area contributed by atoms with Gasteiger partial charge in [-0.1, -0.05) is 19.3 Å². The summed E-state index contributed by atoms with van der Waals surface area (Å²) in [7, 11) is 0. The first kappa shape index (κ1) is 10.6. The van der Waals surface area contributed by atoms with Crippen LogP contribution in [-0.4, -0.2) is 17.7 Å². The molecule has 0 aromatic carbocycles. The molecule has 3 rings (SSSR count). The molecule has 3 heteroatoms. The molecule has 1 aliphatic heterocycles. The van der Waals surface area contributed by atoms with Crippen molar-refractivity contribution < 1.29 is 9.53 Å². The Bertz CT molecular complexity index is 284. The summed E-state index contributed by atoms with van der Waals surface area (Å²) < 4.78 is 6.26. The van der Waals surface area contributed by atoms with Crippen LogP contribution in [0.5, 0.6) is 0 Å². The van der Waals surface area contributed by atoms with E-state index in [9.17, 15) is 4.79 Å². The van der Waals surface area contributed by atoms with Crippen molar-refractivity contribution in [2.24, 2.45) is 5.92 Å². The van der Waals surface area contributed by atoms with Gasteiger partial charge in [-0.15, -0.1) is 0 Å². The number of carbonyl (C=O) groups excluding carboxylic acids is 1. The molecule has 3 aliphatic rings. The van der Waals surface area contributed by atoms with E-state index in [1.165, 1.54) is 32.1 Å². The van der Waals surface area contributed by atoms with Crippen LogP contribution < -0.4 is 5.32 Å². The second-order valence-corrected chi connectivity index (χ2v) is 5.59. The Kier molecular flexibility index (Phi) is 2.66. The first-order valence-electron chi connectivity index (χ1n) is 6.79. The maximum absolute atomic E-state index is 12.1. The average molecular weight is 223 g/mol. The largest absolute Gasteiger partial charge is 0.352 e. The Morgan fingerprint density at radius 2 is 1.81 bits per heavy atom. The number of amides is 1. The van der Waals surface area contributed by atoms with Gasteiger partial charge in [-0.2, -0.15) is 0 Å². The quantitative estimate of drug-likeness (QED) is 0.684. The molecule has 0 bridgehead atoms. The predicted molar refractivity (Wildman–Crippen MR) is 60.8 cm³/mol. The zero-order valence-electron chi connectivity index (χ0n) is 9.84. The van der Waals surface area contributed by atoms with Gasteiger partial charge in [-0.25, -0.2) is 0 Å². The molecule has 3 nitrogen and oxygen atoms in total. The monoisotopic (exact) mass is 223 g/mol. The highest BCUT2D eigenvalue weighted by atomic mass is 16.5. The van der Waals surface area contributed by atoms with E-state index < -0.39 is 0 Å². The molecule has 0 aromatic heterocycles. The molecular weight excluding hydrogens is 202 g/mol. The van der Waals surface area contributed by atoms with Gasteiger partial charge in [0, 0.05) is 0 Å². The average Bonchev–Trinajstić information content (AvgIpc) is 2.30. The van der Waals surface area contributed by atoms with Crippen molar-refractivity contribution in [3.05, 3.63) is 0 Å². The minimum atomic E-state index is -0.284. The van der Waals surface area contributed by atoms with E-state index >= 15 is 0 Å². The number of rotatable bonds is 0. The Hall–Kier alpha value is -0.570. The molecule has 1 amide bonds. The molecule has 0 aromatic rings. The topological polar surface area (TPSA) is 38.3 Å². The lowest BCUT2D eigenvalue weighted by atomic mass is 9.81. The first-order valence-corrected chi connectivity index (χ1v) is 6.79. The van der Waals surface area contributed by atoms with Crippen molar-refractivity contribution in [2.45, 2.75) is 69.6 Å². The molecule has 1 heterocycles. The Morgan fingerprint density at radius 1 is 1.06 bits per heavy atom. The first-order chi connectivity index (χ1) is 7.79. The molecule has 1 spiro atoms. The fraction of sp³-hybridized carbons (Fsp3) is 0.923. The summed E-state index contributed by atoms with van der Waals surface area (Å²) in [6.45, 7) is 0. The van der Waals surface area contributed by atoms with Gasteiger partial charge in [-0.3, -0.25) is 4.79 Å². The fourth-order valence-electron chi connectivity index (χ4n) is 3.54. The minimum Gasteiger partial charge on any atom is -0.352 e. The van der Waals surface area contributed by atoms with E-state index in [4.69, 9.17) is 4.74 Å². The minimum absolute atomic E-state index is 0.140. The summed E-state index contributed by atoms with van der Waals surface area (Å²) in [5.74, 6) is 0.402. The van der Waals surface area contributed by atoms with Crippen molar-refractivity contribution in [1.29, 1.82) is 0 Å². The summed E-state index contributed by atoms with van der Waals surface area (Å²) in [6.07, 6.45) is 10.4. The van der Waals surface area contributed by atoms with E-state index in [1.54, 1.807) is 0 Å².